The third-order valence-corrected chi connectivity index (χ3v) is 3.46. The van der Waals surface area contributed by atoms with Crippen molar-refractivity contribution in [1.29, 1.82) is 0 Å². The Kier molecular flexibility index (Phi) is 2.98. The Morgan fingerprint density at radius 3 is 1.64 bits per heavy atom. The molecule has 0 aliphatic carbocycles. The van der Waals surface area contributed by atoms with Crippen LogP contribution in [0, 0.1) is 0 Å². The number of carbonyl (C=O) groups is 2. The maximum absolute atomic E-state index is 10.7. The van der Waals surface area contributed by atoms with Gasteiger partial charge in [0.05, 0.1) is 9.75 Å². The molecule has 0 bridgehead atoms. The van der Waals surface area contributed by atoms with Crippen LogP contribution >= 0.6 is 43.2 Å². The average Bonchev–Trinajstić information content (AvgIpc) is 2.33. The minimum Gasteiger partial charge on any atom is -0.280 e. The molecule has 0 amide bonds. The molecule has 58 valence electrons. The van der Waals surface area contributed by atoms with Gasteiger partial charge in [0.15, 0.2) is 0 Å². The smallest absolute Gasteiger partial charge is 0.237 e. The molecule has 0 aliphatic heterocycles. The topological polar surface area (TPSA) is 34.1 Å². The Balaban J connectivity index is 2.99. The Hall–Kier alpha value is 0.0000000000000000278. The first-order valence-corrected chi connectivity index (χ1v) is 5.01. The normalized spacial score (nSPS) is 9.64. The highest BCUT2D eigenvalue weighted by molar-refractivity contribution is 9.18. The van der Waals surface area contributed by atoms with Gasteiger partial charge in [0, 0.05) is 0 Å². The van der Waals surface area contributed by atoms with Gasteiger partial charge in [-0.3, -0.25) is 9.59 Å². The van der Waals surface area contributed by atoms with E-state index in [9.17, 15) is 9.59 Å². The van der Waals surface area contributed by atoms with Crippen LogP contribution in [0.15, 0.2) is 12.1 Å². The summed E-state index contributed by atoms with van der Waals surface area (Å²) in [4.78, 5) is 22.4. The van der Waals surface area contributed by atoms with Gasteiger partial charge in [-0.2, -0.15) is 0 Å². The lowest BCUT2D eigenvalue weighted by Gasteiger charge is -1.81. The summed E-state index contributed by atoms with van der Waals surface area (Å²) in [5.41, 5.74) is 0. The highest BCUT2D eigenvalue weighted by Gasteiger charge is 2.08. The van der Waals surface area contributed by atoms with Crippen LogP contribution in [0.1, 0.15) is 19.3 Å². The minimum absolute atomic E-state index is 0.192. The van der Waals surface area contributed by atoms with Gasteiger partial charge >= 0.3 is 0 Å². The molecule has 0 atom stereocenters. The predicted octanol–water partition coefficient (Wildman–Crippen LogP) is 2.82. The number of hydrogen-bond acceptors (Lipinski definition) is 3. The fourth-order valence-corrected chi connectivity index (χ4v) is 1.97. The van der Waals surface area contributed by atoms with E-state index in [1.807, 2.05) is 0 Å². The molecule has 0 N–H and O–H groups in total. The molecule has 11 heavy (non-hydrogen) atoms. The molecular weight excluding hydrogens is 296 g/mol. The van der Waals surface area contributed by atoms with Crippen LogP contribution in [0.2, 0.25) is 0 Å². The molecule has 0 saturated carbocycles. The highest BCUT2D eigenvalue weighted by atomic mass is 79.9. The summed E-state index contributed by atoms with van der Waals surface area (Å²) in [5.74, 6) is 0. The molecule has 0 aromatic carbocycles. The van der Waals surface area contributed by atoms with Crippen molar-refractivity contribution in [2.75, 3.05) is 0 Å². The second-order valence-corrected chi connectivity index (χ2v) is 4.24. The zero-order valence-electron chi connectivity index (χ0n) is 5.14. The van der Waals surface area contributed by atoms with Crippen molar-refractivity contribution in [1.82, 2.24) is 0 Å². The molecule has 2 nitrogen and oxygen atoms in total. The van der Waals surface area contributed by atoms with Crippen LogP contribution in [0.3, 0.4) is 0 Å². The van der Waals surface area contributed by atoms with Crippen molar-refractivity contribution >= 4 is 52.6 Å². The van der Waals surface area contributed by atoms with E-state index in [2.05, 4.69) is 31.9 Å². The van der Waals surface area contributed by atoms with Crippen molar-refractivity contribution in [2.24, 2.45) is 0 Å². The Bertz CT molecular complexity index is 277. The highest BCUT2D eigenvalue weighted by Crippen LogP contribution is 2.20. The summed E-state index contributed by atoms with van der Waals surface area (Å²) >= 11 is 6.74. The fourth-order valence-electron chi connectivity index (χ4n) is 0.549. The van der Waals surface area contributed by atoms with Gasteiger partial charge in [-0.25, -0.2) is 0 Å². The summed E-state index contributed by atoms with van der Waals surface area (Å²) in [6.07, 6.45) is 0. The third-order valence-electron chi connectivity index (χ3n) is 0.993. The molecule has 0 fully saturated rings. The largest absolute Gasteiger partial charge is 0.280 e. The van der Waals surface area contributed by atoms with E-state index in [1.54, 1.807) is 12.1 Å². The van der Waals surface area contributed by atoms with Crippen molar-refractivity contribution in [2.45, 2.75) is 0 Å². The molecule has 1 rings (SSSR count). The standard InChI is InChI=1S/C6H2Br2O2S/c7-5(9)3-1-2-4(11-3)6(8)10/h1-2H. The van der Waals surface area contributed by atoms with E-state index < -0.39 is 0 Å². The molecule has 0 spiro atoms. The quantitative estimate of drug-likeness (QED) is 0.787. The molecule has 0 unspecified atom stereocenters. The molecule has 5 heteroatoms. The lowest BCUT2D eigenvalue weighted by Crippen LogP contribution is -1.79. The van der Waals surface area contributed by atoms with Crippen LogP contribution in [-0.2, 0) is 0 Å². The van der Waals surface area contributed by atoms with Crippen molar-refractivity contribution in [3.8, 4) is 0 Å². The van der Waals surface area contributed by atoms with Gasteiger partial charge in [-0.1, -0.05) is 0 Å². The summed E-state index contributed by atoms with van der Waals surface area (Å²) in [5, 5.41) is 0. The number of rotatable bonds is 2. The zero-order valence-corrected chi connectivity index (χ0v) is 9.12. The molecule has 0 aliphatic rings. The summed E-state index contributed by atoms with van der Waals surface area (Å²) in [6.45, 7) is 0. The van der Waals surface area contributed by atoms with Crippen LogP contribution in [-0.4, -0.2) is 9.39 Å². The number of thiophene rings is 1. The third kappa shape index (κ3) is 2.21. The van der Waals surface area contributed by atoms with Crippen molar-refractivity contribution < 1.29 is 9.59 Å². The Labute approximate surface area is 83.9 Å². The lowest BCUT2D eigenvalue weighted by molar-refractivity contribution is 0.109. The molecule has 1 aromatic rings. The first-order valence-electron chi connectivity index (χ1n) is 2.61. The average molecular weight is 298 g/mol. The summed E-state index contributed by atoms with van der Waals surface area (Å²) < 4.78 is -0.384. The fraction of sp³-hybridized carbons (Fsp3) is 0. The Morgan fingerprint density at radius 2 is 1.45 bits per heavy atom. The molecular formula is C6H2Br2O2S. The molecule has 1 aromatic heterocycles. The lowest BCUT2D eigenvalue weighted by atomic mass is 10.4. The van der Waals surface area contributed by atoms with E-state index in [0.717, 1.165) is 11.3 Å². The van der Waals surface area contributed by atoms with Crippen LogP contribution < -0.4 is 0 Å². The molecule has 1 heterocycles. The van der Waals surface area contributed by atoms with E-state index in [1.165, 1.54) is 0 Å². The van der Waals surface area contributed by atoms with Crippen LogP contribution in [0.25, 0.3) is 0 Å². The first-order chi connectivity index (χ1) is 5.11. The SMILES string of the molecule is O=C(Br)c1ccc(C(=O)Br)s1. The summed E-state index contributed by atoms with van der Waals surface area (Å²) in [6, 6.07) is 3.21. The van der Waals surface area contributed by atoms with E-state index >= 15 is 0 Å². The molecule has 0 radical (unpaired) electrons. The molecule has 0 saturated heterocycles. The maximum Gasteiger partial charge on any atom is 0.237 e. The number of carbonyl (C=O) groups excluding carboxylic acids is 2. The number of halogens is 2. The monoisotopic (exact) mass is 296 g/mol. The second-order valence-electron chi connectivity index (χ2n) is 1.71. The number of hydrogen-bond donors (Lipinski definition) is 0. The van der Waals surface area contributed by atoms with Crippen LogP contribution in [0.4, 0.5) is 0 Å². The van der Waals surface area contributed by atoms with Gasteiger partial charge in [-0.05, 0) is 44.0 Å². The van der Waals surface area contributed by atoms with E-state index in [-0.39, 0.29) is 9.39 Å². The van der Waals surface area contributed by atoms with Gasteiger partial charge < -0.3 is 0 Å². The van der Waals surface area contributed by atoms with Gasteiger partial charge in [0.1, 0.15) is 0 Å². The van der Waals surface area contributed by atoms with Gasteiger partial charge in [-0.15, -0.1) is 11.3 Å². The van der Waals surface area contributed by atoms with E-state index in [0.29, 0.717) is 9.75 Å². The summed E-state index contributed by atoms with van der Waals surface area (Å²) in [7, 11) is 0. The van der Waals surface area contributed by atoms with Gasteiger partial charge in [0.25, 0.3) is 0 Å². The predicted molar refractivity (Wildman–Crippen MR) is 50.8 cm³/mol. The zero-order chi connectivity index (χ0) is 8.43. The first kappa shape index (κ1) is 9.09. The van der Waals surface area contributed by atoms with Gasteiger partial charge in [0.2, 0.25) is 9.39 Å². The van der Waals surface area contributed by atoms with Crippen molar-refractivity contribution in [3.05, 3.63) is 21.9 Å². The minimum atomic E-state index is -0.192. The van der Waals surface area contributed by atoms with E-state index in [4.69, 9.17) is 0 Å². The maximum atomic E-state index is 10.7. The van der Waals surface area contributed by atoms with Crippen molar-refractivity contribution in [3.63, 3.8) is 0 Å². The Morgan fingerprint density at radius 1 is 1.09 bits per heavy atom. The van der Waals surface area contributed by atoms with Crippen LogP contribution in [0.5, 0.6) is 0 Å². The second kappa shape index (κ2) is 3.60.